The second-order valence-electron chi connectivity index (χ2n) is 7.01. The van der Waals surface area contributed by atoms with Gasteiger partial charge in [-0.05, 0) is 83.2 Å². The Hall–Kier alpha value is -1.30. The molecule has 1 aliphatic rings. The van der Waals surface area contributed by atoms with Gasteiger partial charge in [0, 0.05) is 33.7 Å². The molecule has 3 aromatic rings. The first kappa shape index (κ1) is 20.0. The van der Waals surface area contributed by atoms with Gasteiger partial charge in [-0.1, -0.05) is 6.07 Å². The number of nitrogens with one attached hydrogen (secondary N) is 1. The van der Waals surface area contributed by atoms with Crippen molar-refractivity contribution in [2.45, 2.75) is 30.4 Å². The molecular formula is C19H18FIN2O3S2. The highest BCUT2D eigenvalue weighted by molar-refractivity contribution is 14.1. The van der Waals surface area contributed by atoms with E-state index < -0.39 is 14.8 Å². The number of hydrogen-bond donors (Lipinski definition) is 2. The molecular weight excluding hydrogens is 514 g/mol. The van der Waals surface area contributed by atoms with Crippen molar-refractivity contribution in [3.8, 4) is 0 Å². The largest absolute Gasteiger partial charge is 0.396 e. The van der Waals surface area contributed by atoms with Crippen molar-refractivity contribution < 1.29 is 17.9 Å². The zero-order valence-corrected chi connectivity index (χ0v) is 18.6. The van der Waals surface area contributed by atoms with Crippen LogP contribution in [0.2, 0.25) is 0 Å². The number of anilines is 1. The van der Waals surface area contributed by atoms with Crippen LogP contribution in [0.3, 0.4) is 0 Å². The van der Waals surface area contributed by atoms with E-state index in [1.807, 2.05) is 12.1 Å². The molecule has 0 aliphatic heterocycles. The molecule has 0 spiro atoms. The minimum Gasteiger partial charge on any atom is -0.396 e. The minimum atomic E-state index is -3.67. The van der Waals surface area contributed by atoms with Gasteiger partial charge in [-0.2, -0.15) is 4.37 Å². The molecule has 0 saturated heterocycles. The minimum absolute atomic E-state index is 0.171. The summed E-state index contributed by atoms with van der Waals surface area (Å²) in [4.78, 5) is 0. The molecule has 1 heterocycles. The van der Waals surface area contributed by atoms with Crippen molar-refractivity contribution in [2.75, 3.05) is 11.3 Å². The summed E-state index contributed by atoms with van der Waals surface area (Å²) in [5.74, 6) is -0.318. The van der Waals surface area contributed by atoms with Crippen LogP contribution in [0.5, 0.6) is 0 Å². The number of hydrogen-bond acceptors (Lipinski definition) is 5. The number of aliphatic hydroxyl groups is 1. The number of benzene rings is 2. The third-order valence-electron chi connectivity index (χ3n) is 5.20. The van der Waals surface area contributed by atoms with E-state index in [-0.39, 0.29) is 25.3 Å². The van der Waals surface area contributed by atoms with E-state index in [1.165, 1.54) is 17.6 Å². The smallest absolute Gasteiger partial charge is 0.238 e. The van der Waals surface area contributed by atoms with Gasteiger partial charge in [0.15, 0.2) is 0 Å². The van der Waals surface area contributed by atoms with Crippen molar-refractivity contribution in [3.63, 3.8) is 0 Å². The Labute approximate surface area is 180 Å². The summed E-state index contributed by atoms with van der Waals surface area (Å²) >= 11 is 3.32. The van der Waals surface area contributed by atoms with E-state index in [0.29, 0.717) is 29.7 Å². The molecule has 0 radical (unpaired) electrons. The van der Waals surface area contributed by atoms with Crippen LogP contribution in [-0.4, -0.2) is 29.3 Å². The average Bonchev–Trinajstić information content (AvgIpc) is 3.28. The molecule has 2 aromatic carbocycles. The van der Waals surface area contributed by atoms with Crippen LogP contribution in [0, 0.1) is 9.39 Å². The Kier molecular flexibility index (Phi) is 5.36. The molecule has 9 heteroatoms. The first-order valence-corrected chi connectivity index (χ1v) is 12.1. The maximum Gasteiger partial charge on any atom is 0.238 e. The molecule has 1 fully saturated rings. The van der Waals surface area contributed by atoms with Crippen molar-refractivity contribution in [1.82, 2.24) is 4.37 Å². The highest BCUT2D eigenvalue weighted by atomic mass is 127. The molecule has 0 amide bonds. The summed E-state index contributed by atoms with van der Waals surface area (Å²) < 4.78 is 48.0. The van der Waals surface area contributed by atoms with Gasteiger partial charge < -0.3 is 5.11 Å². The molecule has 0 atom stereocenters. The maximum absolute atomic E-state index is 14.4. The Bertz CT molecular complexity index is 1140. The van der Waals surface area contributed by atoms with E-state index in [0.717, 1.165) is 13.7 Å². The van der Waals surface area contributed by atoms with E-state index in [1.54, 1.807) is 18.3 Å². The zero-order chi connectivity index (χ0) is 19.9. The number of sulfonamides is 1. The SMILES string of the molecule is O=S(=O)(Nc1ccc2cnsc2c1Cc1ccc(I)cc1F)C1(CCO)CC1. The molecule has 1 saturated carbocycles. The van der Waals surface area contributed by atoms with E-state index in [9.17, 15) is 17.9 Å². The van der Waals surface area contributed by atoms with Gasteiger partial charge in [-0.15, -0.1) is 0 Å². The molecule has 148 valence electrons. The summed E-state index contributed by atoms with van der Waals surface area (Å²) in [6, 6.07) is 8.55. The van der Waals surface area contributed by atoms with Crippen molar-refractivity contribution in [2.24, 2.45) is 0 Å². The predicted octanol–water partition coefficient (Wildman–Crippen LogP) is 4.29. The molecule has 28 heavy (non-hydrogen) atoms. The number of halogens is 2. The molecule has 1 aromatic heterocycles. The predicted molar refractivity (Wildman–Crippen MR) is 118 cm³/mol. The fourth-order valence-electron chi connectivity index (χ4n) is 3.37. The lowest BCUT2D eigenvalue weighted by molar-refractivity contribution is 0.283. The van der Waals surface area contributed by atoms with Gasteiger partial charge in [0.1, 0.15) is 5.82 Å². The Morgan fingerprint density at radius 2 is 2.07 bits per heavy atom. The second kappa shape index (κ2) is 7.51. The van der Waals surface area contributed by atoms with Crippen LogP contribution in [0.4, 0.5) is 10.1 Å². The molecule has 0 unspecified atom stereocenters. The average molecular weight is 532 g/mol. The van der Waals surface area contributed by atoms with E-state index in [4.69, 9.17) is 0 Å². The zero-order valence-electron chi connectivity index (χ0n) is 14.8. The third kappa shape index (κ3) is 3.64. The van der Waals surface area contributed by atoms with Crippen LogP contribution in [-0.2, 0) is 16.4 Å². The number of aromatic nitrogens is 1. The first-order valence-electron chi connectivity index (χ1n) is 8.79. The monoisotopic (exact) mass is 532 g/mol. The maximum atomic E-state index is 14.4. The fraction of sp³-hybridized carbons (Fsp3) is 0.316. The van der Waals surface area contributed by atoms with Crippen LogP contribution < -0.4 is 4.72 Å². The van der Waals surface area contributed by atoms with Gasteiger partial charge >= 0.3 is 0 Å². The fourth-order valence-corrected chi connectivity index (χ4v) is 6.31. The van der Waals surface area contributed by atoms with Crippen molar-refractivity contribution in [3.05, 3.63) is 57.0 Å². The lowest BCUT2D eigenvalue weighted by Gasteiger charge is -2.19. The van der Waals surface area contributed by atoms with Crippen LogP contribution in [0.25, 0.3) is 10.1 Å². The summed E-state index contributed by atoms with van der Waals surface area (Å²) in [5.41, 5.74) is 1.65. The van der Waals surface area contributed by atoms with E-state index >= 15 is 0 Å². The lowest BCUT2D eigenvalue weighted by Crippen LogP contribution is -2.31. The topological polar surface area (TPSA) is 79.3 Å². The van der Waals surface area contributed by atoms with Crippen molar-refractivity contribution >= 4 is 59.9 Å². The molecule has 5 nitrogen and oxygen atoms in total. The number of fused-ring (bicyclic) bond motifs is 1. The van der Waals surface area contributed by atoms with Crippen LogP contribution >= 0.6 is 34.1 Å². The highest BCUT2D eigenvalue weighted by Crippen LogP contribution is 2.47. The van der Waals surface area contributed by atoms with Gasteiger partial charge in [-0.25, -0.2) is 12.8 Å². The van der Waals surface area contributed by atoms with Crippen molar-refractivity contribution in [1.29, 1.82) is 0 Å². The Morgan fingerprint density at radius 3 is 2.75 bits per heavy atom. The third-order valence-corrected chi connectivity index (χ3v) is 8.99. The van der Waals surface area contributed by atoms with Gasteiger partial charge in [0.2, 0.25) is 10.0 Å². The Balaban J connectivity index is 1.76. The van der Waals surface area contributed by atoms with Crippen LogP contribution in [0.15, 0.2) is 36.5 Å². The van der Waals surface area contributed by atoms with Gasteiger partial charge in [0.25, 0.3) is 0 Å². The Morgan fingerprint density at radius 1 is 1.29 bits per heavy atom. The summed E-state index contributed by atoms with van der Waals surface area (Å²) in [6.07, 6.45) is 3.26. The normalized spacial score (nSPS) is 15.7. The highest BCUT2D eigenvalue weighted by Gasteiger charge is 2.54. The standard InChI is InChI=1S/C19H18FIN2O3S2/c20-16-10-14(21)3-1-12(16)9-15-17(4-2-13-11-22-27-18(13)15)23-28(25,26)19(5-6-19)7-8-24/h1-4,10-11,23-24H,5-9H2. The van der Waals surface area contributed by atoms with Gasteiger partial charge in [0.05, 0.1) is 15.1 Å². The quantitative estimate of drug-likeness (QED) is 0.446. The van der Waals surface area contributed by atoms with Gasteiger partial charge in [-0.3, -0.25) is 4.72 Å². The lowest BCUT2D eigenvalue weighted by atomic mass is 10.0. The number of nitrogens with zero attached hydrogens (tertiary/aromatic N) is 1. The molecule has 1 aliphatic carbocycles. The summed E-state index contributed by atoms with van der Waals surface area (Å²) in [7, 11) is -3.67. The molecule has 2 N–H and O–H groups in total. The molecule has 0 bridgehead atoms. The summed E-state index contributed by atoms with van der Waals surface area (Å²) in [5, 5.41) is 10.1. The number of rotatable bonds is 7. The first-order chi connectivity index (χ1) is 13.4. The molecule has 4 rings (SSSR count). The van der Waals surface area contributed by atoms with E-state index in [2.05, 4.69) is 31.7 Å². The second-order valence-corrected chi connectivity index (χ2v) is 11.1. The van der Waals surface area contributed by atoms with Crippen LogP contribution in [0.1, 0.15) is 30.4 Å². The summed E-state index contributed by atoms with van der Waals surface area (Å²) in [6.45, 7) is -0.171. The number of aliphatic hydroxyl groups excluding tert-OH is 1.